The molecular weight excluding hydrogens is 316 g/mol. The Morgan fingerprint density at radius 2 is 2.04 bits per heavy atom. The summed E-state index contributed by atoms with van der Waals surface area (Å²) in [4.78, 5) is 23.1. The van der Waals surface area contributed by atoms with Gasteiger partial charge in [-0.25, -0.2) is 9.97 Å². The number of benzene rings is 1. The molecule has 1 aromatic heterocycles. The molecule has 1 aromatic carbocycles. The second-order valence-corrected chi connectivity index (χ2v) is 6.24. The third kappa shape index (κ3) is 4.84. The maximum absolute atomic E-state index is 11.6. The number of ether oxygens (including phenoxy) is 1. The topological polar surface area (TPSA) is 67.4 Å². The molecule has 0 atom stereocenters. The summed E-state index contributed by atoms with van der Waals surface area (Å²) in [5, 5.41) is 3.38. The Bertz CT molecular complexity index is 742. The largest absolute Gasteiger partial charge is 0.379 e. The molecule has 0 saturated carbocycles. The molecule has 2 aromatic rings. The van der Waals surface area contributed by atoms with Crippen LogP contribution in [0.2, 0.25) is 0 Å². The molecular formula is C19H24N4O2. The highest BCUT2D eigenvalue weighted by Gasteiger charge is 2.10. The molecule has 0 spiro atoms. The van der Waals surface area contributed by atoms with Gasteiger partial charge in [0.15, 0.2) is 11.6 Å². The minimum absolute atomic E-state index is 0.0402. The molecule has 1 aliphatic heterocycles. The monoisotopic (exact) mass is 340 g/mol. The Labute approximate surface area is 148 Å². The Balaban J connectivity index is 1.69. The normalized spacial score (nSPS) is 15.1. The van der Waals surface area contributed by atoms with Crippen LogP contribution in [-0.4, -0.2) is 60.0 Å². The maximum Gasteiger partial charge on any atom is 0.161 e. The van der Waals surface area contributed by atoms with Crippen molar-refractivity contribution in [2.24, 2.45) is 0 Å². The highest BCUT2D eigenvalue weighted by atomic mass is 16.5. The number of aromatic nitrogens is 2. The van der Waals surface area contributed by atoms with Crippen LogP contribution in [0.25, 0.3) is 11.4 Å². The number of aryl methyl sites for hydroxylation is 1. The highest BCUT2D eigenvalue weighted by molar-refractivity contribution is 5.95. The molecule has 6 heteroatoms. The molecule has 2 heterocycles. The number of carbonyl (C=O) groups is 1. The van der Waals surface area contributed by atoms with Gasteiger partial charge in [-0.1, -0.05) is 18.2 Å². The summed E-state index contributed by atoms with van der Waals surface area (Å²) in [5.41, 5.74) is 2.42. The average molecular weight is 340 g/mol. The molecule has 132 valence electrons. The second kappa shape index (κ2) is 8.18. The highest BCUT2D eigenvalue weighted by Crippen LogP contribution is 2.19. The van der Waals surface area contributed by atoms with Gasteiger partial charge in [0.1, 0.15) is 5.82 Å². The van der Waals surface area contributed by atoms with Crippen LogP contribution in [0.3, 0.4) is 0 Å². The van der Waals surface area contributed by atoms with E-state index in [4.69, 9.17) is 4.74 Å². The standard InChI is InChI=1S/C19H24N4O2/c1-14-12-18(20-6-7-23-8-10-25-11-9-23)22-19(21-14)17-5-3-4-16(13-17)15(2)24/h3-5,12-13H,6-11H2,1-2H3,(H,20,21,22). The Kier molecular flexibility index (Phi) is 5.73. The molecule has 1 aliphatic rings. The van der Waals surface area contributed by atoms with Gasteiger partial charge in [0.05, 0.1) is 13.2 Å². The first-order valence-corrected chi connectivity index (χ1v) is 8.63. The summed E-state index contributed by atoms with van der Waals surface area (Å²) in [5.74, 6) is 1.49. The number of carbonyl (C=O) groups excluding carboxylic acids is 1. The summed E-state index contributed by atoms with van der Waals surface area (Å²) < 4.78 is 5.36. The van der Waals surface area contributed by atoms with Gasteiger partial charge in [0, 0.05) is 49.1 Å². The van der Waals surface area contributed by atoms with Crippen molar-refractivity contribution in [1.29, 1.82) is 0 Å². The van der Waals surface area contributed by atoms with Gasteiger partial charge in [-0.15, -0.1) is 0 Å². The van der Waals surface area contributed by atoms with E-state index in [1.54, 1.807) is 6.92 Å². The third-order valence-electron chi connectivity index (χ3n) is 4.22. The van der Waals surface area contributed by atoms with E-state index in [9.17, 15) is 4.79 Å². The zero-order valence-electron chi connectivity index (χ0n) is 14.8. The lowest BCUT2D eigenvalue weighted by molar-refractivity contribution is 0.0398. The van der Waals surface area contributed by atoms with Gasteiger partial charge >= 0.3 is 0 Å². The molecule has 0 unspecified atom stereocenters. The number of nitrogens with zero attached hydrogens (tertiary/aromatic N) is 3. The number of hydrogen-bond acceptors (Lipinski definition) is 6. The summed E-state index contributed by atoms with van der Waals surface area (Å²) in [6.07, 6.45) is 0. The van der Waals surface area contributed by atoms with Crippen molar-refractivity contribution in [3.05, 3.63) is 41.6 Å². The van der Waals surface area contributed by atoms with Crippen molar-refractivity contribution in [2.75, 3.05) is 44.7 Å². The van der Waals surface area contributed by atoms with Gasteiger partial charge in [-0.3, -0.25) is 9.69 Å². The second-order valence-electron chi connectivity index (χ2n) is 6.24. The lowest BCUT2D eigenvalue weighted by atomic mass is 10.1. The SMILES string of the molecule is CC(=O)c1cccc(-c2nc(C)cc(NCCN3CCOCC3)n2)c1. The molecule has 0 radical (unpaired) electrons. The van der Waals surface area contributed by atoms with E-state index in [1.807, 2.05) is 37.3 Å². The quantitative estimate of drug-likeness (QED) is 0.815. The molecule has 1 N–H and O–H groups in total. The Hall–Kier alpha value is -2.31. The first-order valence-electron chi connectivity index (χ1n) is 8.63. The maximum atomic E-state index is 11.6. The zero-order chi connectivity index (χ0) is 17.6. The van der Waals surface area contributed by atoms with Crippen LogP contribution in [0, 0.1) is 6.92 Å². The fourth-order valence-electron chi connectivity index (χ4n) is 2.83. The van der Waals surface area contributed by atoms with Crippen molar-refractivity contribution in [1.82, 2.24) is 14.9 Å². The predicted molar refractivity (Wildman–Crippen MR) is 98.0 cm³/mol. The molecule has 6 nitrogen and oxygen atoms in total. The number of Topliss-reactive ketones (excluding diaryl/α,β-unsaturated/α-hetero) is 1. The molecule has 1 saturated heterocycles. The molecule has 0 bridgehead atoms. The van der Waals surface area contributed by atoms with E-state index in [0.717, 1.165) is 56.5 Å². The van der Waals surface area contributed by atoms with E-state index in [0.29, 0.717) is 11.4 Å². The minimum Gasteiger partial charge on any atom is -0.379 e. The lowest BCUT2D eigenvalue weighted by Gasteiger charge is -2.26. The van der Waals surface area contributed by atoms with E-state index < -0.39 is 0 Å². The number of ketones is 1. The number of anilines is 1. The summed E-state index contributed by atoms with van der Waals surface area (Å²) in [6, 6.07) is 9.39. The van der Waals surface area contributed by atoms with E-state index in [1.165, 1.54) is 0 Å². The van der Waals surface area contributed by atoms with Crippen LogP contribution in [-0.2, 0) is 4.74 Å². The summed E-state index contributed by atoms with van der Waals surface area (Å²) in [7, 11) is 0. The van der Waals surface area contributed by atoms with Crippen molar-refractivity contribution >= 4 is 11.6 Å². The van der Waals surface area contributed by atoms with Gasteiger partial charge in [-0.2, -0.15) is 0 Å². The van der Waals surface area contributed by atoms with E-state index in [-0.39, 0.29) is 5.78 Å². The van der Waals surface area contributed by atoms with Crippen LogP contribution in [0.1, 0.15) is 23.0 Å². The van der Waals surface area contributed by atoms with Crippen molar-refractivity contribution in [3.8, 4) is 11.4 Å². The first kappa shape index (κ1) is 17.5. The first-order chi connectivity index (χ1) is 12.1. The lowest BCUT2D eigenvalue weighted by Crippen LogP contribution is -2.39. The summed E-state index contributed by atoms with van der Waals surface area (Å²) in [6.45, 7) is 8.88. The smallest absolute Gasteiger partial charge is 0.161 e. The molecule has 0 aliphatic carbocycles. The molecule has 25 heavy (non-hydrogen) atoms. The summed E-state index contributed by atoms with van der Waals surface area (Å²) >= 11 is 0. The van der Waals surface area contributed by atoms with Crippen molar-refractivity contribution in [2.45, 2.75) is 13.8 Å². The Morgan fingerprint density at radius 1 is 1.24 bits per heavy atom. The van der Waals surface area contributed by atoms with Crippen LogP contribution in [0.4, 0.5) is 5.82 Å². The van der Waals surface area contributed by atoms with Gasteiger partial charge in [0.2, 0.25) is 0 Å². The van der Waals surface area contributed by atoms with Crippen LogP contribution in [0.15, 0.2) is 30.3 Å². The van der Waals surface area contributed by atoms with Crippen LogP contribution in [0.5, 0.6) is 0 Å². The number of rotatable bonds is 6. The Morgan fingerprint density at radius 3 is 2.80 bits per heavy atom. The molecule has 1 fully saturated rings. The number of nitrogens with one attached hydrogen (secondary N) is 1. The van der Waals surface area contributed by atoms with Crippen molar-refractivity contribution < 1.29 is 9.53 Å². The number of hydrogen-bond donors (Lipinski definition) is 1. The van der Waals surface area contributed by atoms with Gasteiger partial charge in [0.25, 0.3) is 0 Å². The molecule has 0 amide bonds. The third-order valence-corrected chi connectivity index (χ3v) is 4.22. The van der Waals surface area contributed by atoms with E-state index in [2.05, 4.69) is 20.2 Å². The predicted octanol–water partition coefficient (Wildman–Crippen LogP) is 2.40. The molecule has 3 rings (SSSR count). The number of morpholine rings is 1. The fraction of sp³-hybridized carbons (Fsp3) is 0.421. The average Bonchev–Trinajstić information content (AvgIpc) is 2.62. The van der Waals surface area contributed by atoms with Crippen LogP contribution >= 0.6 is 0 Å². The van der Waals surface area contributed by atoms with Gasteiger partial charge < -0.3 is 10.1 Å². The van der Waals surface area contributed by atoms with E-state index >= 15 is 0 Å². The van der Waals surface area contributed by atoms with Crippen molar-refractivity contribution in [3.63, 3.8) is 0 Å². The van der Waals surface area contributed by atoms with Gasteiger partial charge in [-0.05, 0) is 19.9 Å². The minimum atomic E-state index is 0.0402. The zero-order valence-corrected chi connectivity index (χ0v) is 14.8. The fourth-order valence-corrected chi connectivity index (χ4v) is 2.83. The van der Waals surface area contributed by atoms with Crippen LogP contribution < -0.4 is 5.32 Å².